The summed E-state index contributed by atoms with van der Waals surface area (Å²) >= 11 is 1.42. The van der Waals surface area contributed by atoms with Gasteiger partial charge in [-0.25, -0.2) is 4.79 Å². The highest BCUT2D eigenvalue weighted by Gasteiger charge is 2.60. The Balaban J connectivity index is 1.38. The maximum atomic E-state index is 13.1. The van der Waals surface area contributed by atoms with Crippen LogP contribution in [0.4, 0.5) is 0 Å². The van der Waals surface area contributed by atoms with E-state index >= 15 is 0 Å². The molecule has 188 valence electrons. The first-order valence-electron chi connectivity index (χ1n) is 11.7. The largest absolute Gasteiger partial charge is 0.480 e. The van der Waals surface area contributed by atoms with Gasteiger partial charge in [0.05, 0.1) is 30.7 Å². The summed E-state index contributed by atoms with van der Waals surface area (Å²) in [4.78, 5) is 54.2. The fraction of sp³-hybridized carbons (Fsp3) is 0.727. The standard InChI is InChI=1S/C22H32N4O7S/c1-11-17-16(12(2)27)21(31)26(17)18(22(32)33)19(11)34-13-8-14(23-9-13)20(30)25-5-3-4-24(6-7-25)10-15(28)29/h11-14,16-17,23,27H,3-10H2,1-2H3,(H,28,29)(H,32,33)/t11?,12?,13?,14?,16?,17-/m1/s1. The van der Waals surface area contributed by atoms with Crippen LogP contribution >= 0.6 is 11.8 Å². The predicted molar refractivity (Wildman–Crippen MR) is 123 cm³/mol. The van der Waals surface area contributed by atoms with Gasteiger partial charge in [0.15, 0.2) is 0 Å². The van der Waals surface area contributed by atoms with E-state index in [1.54, 1.807) is 11.8 Å². The summed E-state index contributed by atoms with van der Waals surface area (Å²) in [5, 5.41) is 32.1. The van der Waals surface area contributed by atoms with Crippen LogP contribution < -0.4 is 5.32 Å². The lowest BCUT2D eigenvalue weighted by Gasteiger charge is -2.46. The molecule has 4 aliphatic rings. The van der Waals surface area contributed by atoms with Gasteiger partial charge in [0.25, 0.3) is 0 Å². The van der Waals surface area contributed by atoms with Crippen molar-refractivity contribution in [1.29, 1.82) is 0 Å². The molecule has 12 heteroatoms. The van der Waals surface area contributed by atoms with Gasteiger partial charge in [-0.05, 0) is 19.8 Å². The van der Waals surface area contributed by atoms with Crippen molar-refractivity contribution in [3.8, 4) is 0 Å². The number of hydrogen-bond acceptors (Lipinski definition) is 8. The molecular formula is C22H32N4O7S. The molecule has 4 N–H and O–H groups in total. The van der Waals surface area contributed by atoms with E-state index in [1.165, 1.54) is 16.7 Å². The second-order valence-corrected chi connectivity index (χ2v) is 10.9. The molecule has 0 bridgehead atoms. The van der Waals surface area contributed by atoms with Crippen molar-refractivity contribution >= 4 is 35.5 Å². The molecule has 4 rings (SSSR count). The highest BCUT2D eigenvalue weighted by atomic mass is 32.2. The summed E-state index contributed by atoms with van der Waals surface area (Å²) < 4.78 is 0. The van der Waals surface area contributed by atoms with Gasteiger partial charge in [-0.1, -0.05) is 6.92 Å². The van der Waals surface area contributed by atoms with Gasteiger partial charge in [-0.2, -0.15) is 0 Å². The first kappa shape index (κ1) is 25.0. The number of amides is 2. The Morgan fingerprint density at radius 1 is 1.18 bits per heavy atom. The molecule has 4 heterocycles. The lowest BCUT2D eigenvalue weighted by Crippen LogP contribution is -2.63. The molecule has 3 saturated heterocycles. The van der Waals surface area contributed by atoms with Crippen LogP contribution in [0.2, 0.25) is 0 Å². The van der Waals surface area contributed by atoms with Crippen LogP contribution in [-0.4, -0.2) is 116 Å². The van der Waals surface area contributed by atoms with Gasteiger partial charge in [0.2, 0.25) is 11.8 Å². The van der Waals surface area contributed by atoms with E-state index in [0.717, 1.165) is 0 Å². The molecule has 0 aromatic heterocycles. The van der Waals surface area contributed by atoms with Crippen molar-refractivity contribution in [3.63, 3.8) is 0 Å². The van der Waals surface area contributed by atoms with Gasteiger partial charge in [-0.15, -0.1) is 11.8 Å². The van der Waals surface area contributed by atoms with Crippen LogP contribution in [0.15, 0.2) is 10.6 Å². The number of rotatable bonds is 7. The van der Waals surface area contributed by atoms with E-state index in [1.807, 2.05) is 11.8 Å². The summed E-state index contributed by atoms with van der Waals surface area (Å²) in [6.45, 7) is 6.18. The van der Waals surface area contributed by atoms with E-state index in [0.29, 0.717) is 50.5 Å². The Labute approximate surface area is 202 Å². The number of carbonyl (C=O) groups is 4. The zero-order valence-corrected chi connectivity index (χ0v) is 20.2. The van der Waals surface area contributed by atoms with Crippen LogP contribution in [-0.2, 0) is 19.2 Å². The van der Waals surface area contributed by atoms with E-state index in [2.05, 4.69) is 5.32 Å². The Hall–Kier alpha value is -2.15. The number of aliphatic carboxylic acids is 2. The normalized spacial score (nSPS) is 32.9. The Morgan fingerprint density at radius 2 is 1.91 bits per heavy atom. The van der Waals surface area contributed by atoms with E-state index in [4.69, 9.17) is 5.11 Å². The summed E-state index contributed by atoms with van der Waals surface area (Å²) in [6.07, 6.45) is 0.414. The minimum atomic E-state index is -1.15. The zero-order chi connectivity index (χ0) is 24.7. The molecular weight excluding hydrogens is 464 g/mol. The Morgan fingerprint density at radius 3 is 2.56 bits per heavy atom. The maximum absolute atomic E-state index is 13.1. The topological polar surface area (TPSA) is 151 Å². The number of β-lactam (4-membered cyclic amide) rings is 1. The zero-order valence-electron chi connectivity index (χ0n) is 19.3. The molecule has 2 amide bonds. The smallest absolute Gasteiger partial charge is 0.353 e. The third-order valence-corrected chi connectivity index (χ3v) is 8.76. The number of carboxylic acids is 2. The number of hydrogen-bond donors (Lipinski definition) is 4. The van der Waals surface area contributed by atoms with Crippen molar-refractivity contribution in [2.75, 3.05) is 39.3 Å². The van der Waals surface area contributed by atoms with Crippen molar-refractivity contribution in [3.05, 3.63) is 10.6 Å². The van der Waals surface area contributed by atoms with E-state index in [9.17, 15) is 29.4 Å². The Kier molecular flexibility index (Phi) is 7.22. The monoisotopic (exact) mass is 496 g/mol. The predicted octanol–water partition coefficient (Wildman–Crippen LogP) is -0.777. The van der Waals surface area contributed by atoms with Crippen molar-refractivity contribution in [2.45, 2.75) is 50.1 Å². The van der Waals surface area contributed by atoms with E-state index in [-0.39, 0.29) is 47.3 Å². The lowest BCUT2D eigenvalue weighted by molar-refractivity contribution is -0.163. The number of carboxylic acid groups (broad SMARTS) is 2. The molecule has 34 heavy (non-hydrogen) atoms. The summed E-state index contributed by atoms with van der Waals surface area (Å²) in [6, 6.07) is -0.725. The number of carbonyl (C=O) groups excluding carboxylic acids is 2. The third-order valence-electron chi connectivity index (χ3n) is 7.25. The fourth-order valence-corrected chi connectivity index (χ4v) is 7.08. The highest BCUT2D eigenvalue weighted by molar-refractivity contribution is 8.03. The molecule has 4 aliphatic heterocycles. The molecule has 0 saturated carbocycles. The first-order chi connectivity index (χ1) is 16.1. The van der Waals surface area contributed by atoms with Crippen LogP contribution in [0.3, 0.4) is 0 Å². The van der Waals surface area contributed by atoms with Gasteiger partial charge < -0.3 is 30.4 Å². The number of nitrogens with zero attached hydrogens (tertiary/aromatic N) is 3. The van der Waals surface area contributed by atoms with E-state index < -0.39 is 24.0 Å². The van der Waals surface area contributed by atoms with Crippen molar-refractivity contribution < 1.29 is 34.5 Å². The van der Waals surface area contributed by atoms with Crippen molar-refractivity contribution in [1.82, 2.24) is 20.0 Å². The number of nitrogens with one attached hydrogen (secondary N) is 1. The van der Waals surface area contributed by atoms with Crippen LogP contribution in [0.25, 0.3) is 0 Å². The third kappa shape index (κ3) is 4.56. The minimum Gasteiger partial charge on any atom is -0.480 e. The molecule has 0 spiro atoms. The maximum Gasteiger partial charge on any atom is 0.353 e. The summed E-state index contributed by atoms with van der Waals surface area (Å²) in [7, 11) is 0. The Bertz CT molecular complexity index is 910. The molecule has 0 aromatic rings. The quantitative estimate of drug-likeness (QED) is 0.331. The average Bonchev–Trinajstić information content (AvgIpc) is 3.22. The molecule has 0 radical (unpaired) electrons. The summed E-state index contributed by atoms with van der Waals surface area (Å²) in [5.41, 5.74) is 0.00483. The number of fused-ring (bicyclic) bond motifs is 1. The van der Waals surface area contributed by atoms with Crippen LogP contribution in [0, 0.1) is 11.8 Å². The lowest BCUT2D eigenvalue weighted by atomic mass is 9.79. The number of aliphatic hydroxyl groups excluding tert-OH is 1. The van der Waals surface area contributed by atoms with Crippen LogP contribution in [0.5, 0.6) is 0 Å². The van der Waals surface area contributed by atoms with Crippen molar-refractivity contribution in [2.24, 2.45) is 11.8 Å². The second kappa shape index (κ2) is 9.84. The highest BCUT2D eigenvalue weighted by Crippen LogP contribution is 2.51. The molecule has 0 aliphatic carbocycles. The molecule has 6 atom stereocenters. The molecule has 3 fully saturated rings. The van der Waals surface area contributed by atoms with Gasteiger partial charge in [0, 0.05) is 48.8 Å². The van der Waals surface area contributed by atoms with Gasteiger partial charge in [0.1, 0.15) is 5.70 Å². The minimum absolute atomic E-state index is 0.00483. The average molecular weight is 497 g/mol. The molecule has 11 nitrogen and oxygen atoms in total. The SMILES string of the molecule is CC(O)C1C(=O)N2C(C(=O)O)=C(SC3CNC(C(=O)N4CCCN(CC(=O)O)CC4)C3)C(C)[C@H]12. The second-order valence-electron chi connectivity index (χ2n) is 9.56. The van der Waals surface area contributed by atoms with Gasteiger partial charge >= 0.3 is 11.9 Å². The van der Waals surface area contributed by atoms with Crippen LogP contribution in [0.1, 0.15) is 26.7 Å². The number of thioether (sulfide) groups is 1. The first-order valence-corrected chi connectivity index (χ1v) is 12.6. The fourth-order valence-electron chi connectivity index (χ4n) is 5.60. The summed E-state index contributed by atoms with van der Waals surface area (Å²) in [5.74, 6) is -3.19. The molecule has 5 unspecified atom stereocenters. The molecule has 0 aromatic carbocycles. The van der Waals surface area contributed by atoms with Gasteiger partial charge in [-0.3, -0.25) is 19.3 Å². The number of aliphatic hydroxyl groups is 1.